The van der Waals surface area contributed by atoms with Crippen molar-refractivity contribution >= 4 is 23.4 Å². The highest BCUT2D eigenvalue weighted by Gasteiger charge is 2.37. The van der Waals surface area contributed by atoms with E-state index in [1.807, 2.05) is 18.2 Å². The number of likely N-dealkylation sites (N-methyl/N-ethyl adjacent to an activating group) is 1. The average Bonchev–Trinajstić information content (AvgIpc) is 3.51. The lowest BCUT2D eigenvalue weighted by Crippen LogP contribution is -2.39. The van der Waals surface area contributed by atoms with Crippen molar-refractivity contribution in [2.24, 2.45) is 0 Å². The number of amides is 1. The summed E-state index contributed by atoms with van der Waals surface area (Å²) in [7, 11) is 3.49. The molecule has 0 spiro atoms. The van der Waals surface area contributed by atoms with E-state index in [1.165, 1.54) is 0 Å². The molecule has 7 nitrogen and oxygen atoms in total. The maximum Gasteiger partial charge on any atom is 0.421 e. The number of nitrogens with one attached hydrogen (secondary N) is 2. The molecule has 2 heterocycles. The first-order valence-electron chi connectivity index (χ1n) is 10.2. The molecule has 0 radical (unpaired) electrons. The number of halogens is 3. The van der Waals surface area contributed by atoms with Gasteiger partial charge in [0.25, 0.3) is 0 Å². The topological polar surface area (TPSA) is 73.4 Å². The second-order valence-corrected chi connectivity index (χ2v) is 8.23. The molecular formula is C21H25F3N6O. The number of hydrogen-bond acceptors (Lipinski definition) is 6. The molecule has 2 N–H and O–H groups in total. The maximum atomic E-state index is 13.3. The molecule has 31 heavy (non-hydrogen) atoms. The molecule has 1 aromatic carbocycles. The van der Waals surface area contributed by atoms with Crippen LogP contribution in [0.4, 0.5) is 30.6 Å². The van der Waals surface area contributed by atoms with E-state index in [0.29, 0.717) is 18.8 Å². The molecule has 10 heteroatoms. The van der Waals surface area contributed by atoms with Gasteiger partial charge in [0.1, 0.15) is 11.4 Å². The molecular weight excluding hydrogens is 409 g/mol. The van der Waals surface area contributed by atoms with Crippen LogP contribution in [0.15, 0.2) is 24.4 Å². The third-order valence-electron chi connectivity index (χ3n) is 5.42. The Balaban J connectivity index is 1.47. The van der Waals surface area contributed by atoms with Crippen molar-refractivity contribution in [3.8, 4) is 0 Å². The van der Waals surface area contributed by atoms with Crippen LogP contribution in [0, 0.1) is 0 Å². The molecule has 4 rings (SSSR count). The predicted molar refractivity (Wildman–Crippen MR) is 111 cm³/mol. The van der Waals surface area contributed by atoms with Crippen LogP contribution in [-0.4, -0.2) is 58.9 Å². The number of benzene rings is 1. The number of nitrogens with zero attached hydrogens (tertiary/aromatic N) is 4. The summed E-state index contributed by atoms with van der Waals surface area (Å²) in [4.78, 5) is 23.6. The third kappa shape index (κ3) is 5.25. The molecule has 166 valence electrons. The molecule has 0 atom stereocenters. The molecule has 1 aromatic heterocycles. The van der Waals surface area contributed by atoms with Crippen LogP contribution in [0.2, 0.25) is 0 Å². The van der Waals surface area contributed by atoms with Crippen molar-refractivity contribution in [1.82, 2.24) is 19.8 Å². The minimum atomic E-state index is -4.51. The lowest BCUT2D eigenvalue weighted by atomic mass is 9.99. The first-order valence-corrected chi connectivity index (χ1v) is 10.2. The number of aromatic nitrogens is 2. The summed E-state index contributed by atoms with van der Waals surface area (Å²) in [5.41, 5.74) is 2.13. The van der Waals surface area contributed by atoms with Gasteiger partial charge >= 0.3 is 6.18 Å². The van der Waals surface area contributed by atoms with Crippen LogP contribution in [0.1, 0.15) is 29.5 Å². The summed E-state index contributed by atoms with van der Waals surface area (Å²) in [5.74, 6) is -0.00595. The van der Waals surface area contributed by atoms with Crippen LogP contribution in [0.5, 0.6) is 0 Å². The first-order chi connectivity index (χ1) is 14.7. The zero-order valence-electron chi connectivity index (χ0n) is 17.5. The van der Waals surface area contributed by atoms with Crippen molar-refractivity contribution in [2.45, 2.75) is 38.0 Å². The van der Waals surface area contributed by atoms with Gasteiger partial charge in [-0.2, -0.15) is 18.2 Å². The zero-order chi connectivity index (χ0) is 22.2. The van der Waals surface area contributed by atoms with E-state index in [2.05, 4.69) is 25.5 Å². The molecule has 0 saturated heterocycles. The van der Waals surface area contributed by atoms with E-state index >= 15 is 0 Å². The number of alkyl halides is 3. The largest absolute Gasteiger partial charge is 0.421 e. The summed E-state index contributed by atoms with van der Waals surface area (Å²) >= 11 is 0. The average molecular weight is 434 g/mol. The smallest absolute Gasteiger partial charge is 0.367 e. The fourth-order valence-corrected chi connectivity index (χ4v) is 3.47. The van der Waals surface area contributed by atoms with Crippen LogP contribution in [0.3, 0.4) is 0 Å². The molecule has 1 aliphatic carbocycles. The summed E-state index contributed by atoms with van der Waals surface area (Å²) in [6.45, 7) is 1.83. The van der Waals surface area contributed by atoms with E-state index in [-0.39, 0.29) is 23.7 Å². The summed E-state index contributed by atoms with van der Waals surface area (Å²) in [5, 5.41) is 5.87. The Labute approximate surface area is 178 Å². The van der Waals surface area contributed by atoms with Crippen LogP contribution in [0.25, 0.3) is 0 Å². The Morgan fingerprint density at radius 3 is 2.71 bits per heavy atom. The van der Waals surface area contributed by atoms with Gasteiger partial charge < -0.3 is 15.5 Å². The van der Waals surface area contributed by atoms with Crippen molar-refractivity contribution in [3.05, 3.63) is 41.1 Å². The Morgan fingerprint density at radius 1 is 1.26 bits per heavy atom. The van der Waals surface area contributed by atoms with Gasteiger partial charge in [0, 0.05) is 45.1 Å². The molecule has 1 aliphatic heterocycles. The number of anilines is 3. The van der Waals surface area contributed by atoms with Crippen LogP contribution < -0.4 is 10.6 Å². The van der Waals surface area contributed by atoms with Crippen molar-refractivity contribution in [2.75, 3.05) is 37.8 Å². The highest BCUT2D eigenvalue weighted by Crippen LogP contribution is 2.36. The summed E-state index contributed by atoms with van der Waals surface area (Å²) in [6.07, 6.45) is -1.23. The molecule has 2 aromatic rings. The molecule has 2 aliphatic rings. The van der Waals surface area contributed by atoms with Gasteiger partial charge in [0.15, 0.2) is 0 Å². The number of hydrogen-bond donors (Lipinski definition) is 2. The minimum Gasteiger partial charge on any atom is -0.367 e. The van der Waals surface area contributed by atoms with Gasteiger partial charge in [0.05, 0.1) is 6.54 Å². The molecule has 0 unspecified atom stereocenters. The maximum absolute atomic E-state index is 13.3. The Bertz CT molecular complexity index is 974. The molecule has 1 amide bonds. The number of fused-ring (bicyclic) bond motifs is 1. The van der Waals surface area contributed by atoms with Crippen LogP contribution >= 0.6 is 0 Å². The number of rotatable bonds is 6. The van der Waals surface area contributed by atoms with Crippen molar-refractivity contribution < 1.29 is 18.0 Å². The lowest BCUT2D eigenvalue weighted by molar-refractivity contribution is -0.137. The standard InChI is InChI=1S/C21H25F3N6O/c1-29(2)18(31)12-30-8-7-13-9-16(4-3-14(13)11-30)27-20-25-10-17(21(22,23)24)19(28-20)26-15-5-6-15/h3-4,9-10,15H,5-8,11-12H2,1-2H3,(H2,25,26,27,28). The predicted octanol–water partition coefficient (Wildman–Crippen LogP) is 3.26. The summed E-state index contributed by atoms with van der Waals surface area (Å²) < 4.78 is 39.8. The van der Waals surface area contributed by atoms with E-state index in [9.17, 15) is 18.0 Å². The highest BCUT2D eigenvalue weighted by atomic mass is 19.4. The normalized spacial score (nSPS) is 16.5. The van der Waals surface area contributed by atoms with Gasteiger partial charge in [-0.25, -0.2) is 4.98 Å². The summed E-state index contributed by atoms with van der Waals surface area (Å²) in [6, 6.07) is 5.83. The van der Waals surface area contributed by atoms with E-state index in [4.69, 9.17) is 0 Å². The van der Waals surface area contributed by atoms with Crippen LogP contribution in [-0.2, 0) is 23.9 Å². The van der Waals surface area contributed by atoms with Crippen molar-refractivity contribution in [3.63, 3.8) is 0 Å². The SMILES string of the molecule is CN(C)C(=O)CN1CCc2cc(Nc3ncc(C(F)(F)F)c(NC4CC4)n3)ccc2C1. The Morgan fingerprint density at radius 2 is 2.03 bits per heavy atom. The van der Waals surface area contributed by atoms with Gasteiger partial charge in [0.2, 0.25) is 11.9 Å². The van der Waals surface area contributed by atoms with Crippen molar-refractivity contribution in [1.29, 1.82) is 0 Å². The fourth-order valence-electron chi connectivity index (χ4n) is 3.47. The molecule has 1 fully saturated rings. The molecule has 0 bridgehead atoms. The fraction of sp³-hybridized carbons (Fsp3) is 0.476. The van der Waals surface area contributed by atoms with Gasteiger partial charge in [-0.15, -0.1) is 0 Å². The van der Waals surface area contributed by atoms with E-state index in [0.717, 1.165) is 43.1 Å². The number of carbonyl (C=O) groups is 1. The number of carbonyl (C=O) groups excluding carboxylic acids is 1. The minimum absolute atomic E-state index is 0.0370. The van der Waals surface area contributed by atoms with E-state index < -0.39 is 11.7 Å². The van der Waals surface area contributed by atoms with Gasteiger partial charge in [-0.3, -0.25) is 9.69 Å². The third-order valence-corrected chi connectivity index (χ3v) is 5.42. The molecule has 1 saturated carbocycles. The first kappa shape index (κ1) is 21.4. The Hall–Kier alpha value is -2.88. The second-order valence-electron chi connectivity index (χ2n) is 8.23. The second kappa shape index (κ2) is 8.33. The van der Waals surface area contributed by atoms with E-state index in [1.54, 1.807) is 19.0 Å². The van der Waals surface area contributed by atoms with Gasteiger partial charge in [-0.05, 0) is 42.5 Å². The Kier molecular flexibility index (Phi) is 5.74. The van der Waals surface area contributed by atoms with Gasteiger partial charge in [-0.1, -0.05) is 6.07 Å². The quantitative estimate of drug-likeness (QED) is 0.727. The zero-order valence-corrected chi connectivity index (χ0v) is 17.5. The monoisotopic (exact) mass is 434 g/mol. The lowest BCUT2D eigenvalue weighted by Gasteiger charge is -2.29. The highest BCUT2D eigenvalue weighted by molar-refractivity contribution is 5.77.